The molecule has 1 N–H and O–H groups in total. The Morgan fingerprint density at radius 2 is 2.31 bits per heavy atom. The van der Waals surface area contributed by atoms with E-state index in [0.29, 0.717) is 15.4 Å². The molecule has 1 heterocycles. The number of nitrogens with zero attached hydrogens (tertiary/aromatic N) is 1. The molecule has 1 aromatic heterocycles. The van der Waals surface area contributed by atoms with Crippen LogP contribution in [0.15, 0.2) is 27.2 Å². The normalized spacial score (nSPS) is 10.5. The minimum absolute atomic E-state index is 0.137. The smallest absolute Gasteiger partial charge is 0.375 e. The molecule has 2 rings (SSSR count). The van der Waals surface area contributed by atoms with Crippen molar-refractivity contribution in [2.24, 2.45) is 0 Å². The molecular formula is C8H4BrNO3. The molecule has 13 heavy (non-hydrogen) atoms. The van der Waals surface area contributed by atoms with Crippen molar-refractivity contribution >= 4 is 32.8 Å². The molecule has 0 fully saturated rings. The van der Waals surface area contributed by atoms with Gasteiger partial charge in [0.15, 0.2) is 0 Å². The van der Waals surface area contributed by atoms with Crippen molar-refractivity contribution in [3.63, 3.8) is 0 Å². The van der Waals surface area contributed by atoms with E-state index in [2.05, 4.69) is 25.6 Å². The number of fused-ring (bicyclic) bond motifs is 1. The fraction of sp³-hybridized carbons (Fsp3) is 0. The van der Waals surface area contributed by atoms with E-state index in [4.69, 9.17) is 5.11 Å². The van der Waals surface area contributed by atoms with E-state index in [0.717, 1.165) is 0 Å². The van der Waals surface area contributed by atoms with Crippen LogP contribution in [-0.2, 0) is 0 Å². The molecule has 0 bridgehead atoms. The van der Waals surface area contributed by atoms with Crippen LogP contribution >= 0.6 is 15.9 Å². The lowest BCUT2D eigenvalue weighted by atomic mass is 10.2. The Morgan fingerprint density at radius 1 is 1.54 bits per heavy atom. The number of hydrogen-bond acceptors (Lipinski definition) is 3. The summed E-state index contributed by atoms with van der Waals surface area (Å²) in [6.45, 7) is 0. The molecule has 0 radical (unpaired) electrons. The second kappa shape index (κ2) is 2.85. The molecule has 0 aliphatic rings. The van der Waals surface area contributed by atoms with Crippen LogP contribution in [0.25, 0.3) is 10.9 Å². The van der Waals surface area contributed by atoms with Gasteiger partial charge in [0.25, 0.3) is 5.76 Å². The Labute approximate surface area is 81.3 Å². The van der Waals surface area contributed by atoms with Gasteiger partial charge in [-0.25, -0.2) is 4.79 Å². The molecule has 0 aliphatic carbocycles. The molecule has 5 heteroatoms. The molecule has 0 spiro atoms. The van der Waals surface area contributed by atoms with Crippen LogP contribution in [0.5, 0.6) is 0 Å². The van der Waals surface area contributed by atoms with E-state index in [-0.39, 0.29) is 5.76 Å². The van der Waals surface area contributed by atoms with E-state index in [1.165, 1.54) is 0 Å². The summed E-state index contributed by atoms with van der Waals surface area (Å²) in [5.74, 6) is -1.25. The Balaban J connectivity index is 2.86. The van der Waals surface area contributed by atoms with Gasteiger partial charge in [0.2, 0.25) is 0 Å². The van der Waals surface area contributed by atoms with Crippen LogP contribution < -0.4 is 0 Å². The van der Waals surface area contributed by atoms with E-state index in [9.17, 15) is 4.79 Å². The van der Waals surface area contributed by atoms with E-state index < -0.39 is 5.97 Å². The number of rotatable bonds is 1. The van der Waals surface area contributed by atoms with Crippen LogP contribution in [-0.4, -0.2) is 16.2 Å². The second-order valence-electron chi connectivity index (χ2n) is 2.45. The zero-order valence-electron chi connectivity index (χ0n) is 6.32. The van der Waals surface area contributed by atoms with Crippen molar-refractivity contribution in [1.82, 2.24) is 5.16 Å². The highest BCUT2D eigenvalue weighted by molar-refractivity contribution is 9.10. The van der Waals surface area contributed by atoms with Gasteiger partial charge >= 0.3 is 5.97 Å². The number of carboxylic acids is 1. The maximum absolute atomic E-state index is 10.7. The molecule has 4 nitrogen and oxygen atoms in total. The average Bonchev–Trinajstić information content (AvgIpc) is 2.49. The van der Waals surface area contributed by atoms with Gasteiger partial charge in [0.05, 0.1) is 5.39 Å². The molecule has 0 unspecified atom stereocenters. The lowest BCUT2D eigenvalue weighted by molar-refractivity contribution is 0.0655. The molecular weight excluding hydrogens is 238 g/mol. The number of benzene rings is 1. The molecule has 0 aliphatic heterocycles. The van der Waals surface area contributed by atoms with Crippen LogP contribution in [0.1, 0.15) is 10.6 Å². The lowest BCUT2D eigenvalue weighted by Gasteiger charge is -1.91. The number of aromatic carboxylic acids is 1. The summed E-state index contributed by atoms with van der Waals surface area (Å²) in [5.41, 5.74) is 0.534. The largest absolute Gasteiger partial charge is 0.475 e. The van der Waals surface area contributed by atoms with Gasteiger partial charge in [-0.3, -0.25) is 0 Å². The topological polar surface area (TPSA) is 63.3 Å². The van der Waals surface area contributed by atoms with Crippen molar-refractivity contribution in [3.05, 3.63) is 28.4 Å². The molecule has 0 atom stereocenters. The third kappa shape index (κ3) is 1.21. The highest BCUT2D eigenvalue weighted by Gasteiger charge is 2.16. The van der Waals surface area contributed by atoms with Crippen molar-refractivity contribution in [3.8, 4) is 0 Å². The Morgan fingerprint density at radius 3 is 3.00 bits per heavy atom. The van der Waals surface area contributed by atoms with Gasteiger partial charge in [0, 0.05) is 4.47 Å². The number of carbonyl (C=O) groups is 1. The van der Waals surface area contributed by atoms with Gasteiger partial charge < -0.3 is 9.63 Å². The van der Waals surface area contributed by atoms with Crippen molar-refractivity contribution in [2.75, 3.05) is 0 Å². The third-order valence-electron chi connectivity index (χ3n) is 1.65. The highest BCUT2D eigenvalue weighted by Crippen LogP contribution is 2.26. The minimum Gasteiger partial charge on any atom is -0.475 e. The Kier molecular flexibility index (Phi) is 1.81. The van der Waals surface area contributed by atoms with Gasteiger partial charge in [-0.15, -0.1) is 0 Å². The summed E-state index contributed by atoms with van der Waals surface area (Å²) in [6.07, 6.45) is 0. The van der Waals surface area contributed by atoms with E-state index in [1.807, 2.05) is 0 Å². The second-order valence-corrected chi connectivity index (χ2v) is 3.31. The number of hydrogen-bond donors (Lipinski definition) is 1. The molecule has 0 saturated carbocycles. The molecule has 2 aromatic rings. The first-order valence-electron chi connectivity index (χ1n) is 3.47. The SMILES string of the molecule is O=C(O)c1onc2cccc(Br)c12. The van der Waals surface area contributed by atoms with Crippen molar-refractivity contribution in [1.29, 1.82) is 0 Å². The fourth-order valence-electron chi connectivity index (χ4n) is 1.10. The molecule has 66 valence electrons. The van der Waals surface area contributed by atoms with E-state index in [1.54, 1.807) is 18.2 Å². The summed E-state index contributed by atoms with van der Waals surface area (Å²) < 4.78 is 5.35. The van der Waals surface area contributed by atoms with Crippen LogP contribution in [0.4, 0.5) is 0 Å². The summed E-state index contributed by atoms with van der Waals surface area (Å²) in [7, 11) is 0. The summed E-state index contributed by atoms with van der Waals surface area (Å²) in [6, 6.07) is 5.20. The monoisotopic (exact) mass is 241 g/mol. The first-order chi connectivity index (χ1) is 6.20. The quantitative estimate of drug-likeness (QED) is 0.833. The number of aromatic nitrogens is 1. The van der Waals surface area contributed by atoms with E-state index >= 15 is 0 Å². The lowest BCUT2D eigenvalue weighted by Crippen LogP contribution is -1.93. The third-order valence-corrected chi connectivity index (χ3v) is 2.31. The molecule has 1 aromatic carbocycles. The predicted octanol–water partition coefficient (Wildman–Crippen LogP) is 2.29. The van der Waals surface area contributed by atoms with Crippen molar-refractivity contribution < 1.29 is 14.4 Å². The average molecular weight is 242 g/mol. The molecule has 0 amide bonds. The minimum atomic E-state index is -1.12. The zero-order valence-corrected chi connectivity index (χ0v) is 7.91. The van der Waals surface area contributed by atoms with Gasteiger partial charge in [-0.2, -0.15) is 0 Å². The Bertz CT molecular complexity index is 477. The maximum Gasteiger partial charge on any atom is 0.375 e. The highest BCUT2D eigenvalue weighted by atomic mass is 79.9. The van der Waals surface area contributed by atoms with Crippen molar-refractivity contribution in [2.45, 2.75) is 0 Å². The number of halogens is 1. The summed E-state index contributed by atoms with van der Waals surface area (Å²) in [4.78, 5) is 10.7. The number of carboxylic acid groups (broad SMARTS) is 1. The fourth-order valence-corrected chi connectivity index (χ4v) is 1.64. The first kappa shape index (κ1) is 8.25. The van der Waals surface area contributed by atoms with Crippen LogP contribution in [0.3, 0.4) is 0 Å². The van der Waals surface area contributed by atoms with Crippen LogP contribution in [0, 0.1) is 0 Å². The standard InChI is InChI=1S/C8H4BrNO3/c9-4-2-1-3-5-6(4)7(8(11)12)13-10-5/h1-3H,(H,11,12). The van der Waals surface area contributed by atoms with Gasteiger partial charge in [-0.1, -0.05) is 11.2 Å². The Hall–Kier alpha value is -1.36. The van der Waals surface area contributed by atoms with Gasteiger partial charge in [0.1, 0.15) is 5.52 Å². The van der Waals surface area contributed by atoms with Gasteiger partial charge in [-0.05, 0) is 28.1 Å². The zero-order chi connectivity index (χ0) is 9.42. The van der Waals surface area contributed by atoms with Crippen LogP contribution in [0.2, 0.25) is 0 Å². The maximum atomic E-state index is 10.7. The summed E-state index contributed by atoms with van der Waals surface area (Å²) >= 11 is 3.23. The predicted molar refractivity (Wildman–Crippen MR) is 48.7 cm³/mol. The summed E-state index contributed by atoms with van der Waals surface area (Å²) in [5, 5.41) is 12.9. The molecule has 0 saturated heterocycles. The first-order valence-corrected chi connectivity index (χ1v) is 4.26.